The first kappa shape index (κ1) is 22.0. The van der Waals surface area contributed by atoms with Gasteiger partial charge < -0.3 is 10.6 Å². The van der Waals surface area contributed by atoms with Gasteiger partial charge in [0.2, 0.25) is 5.91 Å². The molecule has 4 aromatic rings. The van der Waals surface area contributed by atoms with Crippen LogP contribution in [0.15, 0.2) is 97.1 Å². The van der Waals surface area contributed by atoms with Gasteiger partial charge in [-0.3, -0.25) is 9.59 Å². The zero-order chi connectivity index (χ0) is 23.0. The maximum Gasteiger partial charge on any atom is 0.251 e. The fourth-order valence-corrected chi connectivity index (χ4v) is 3.67. The molecule has 0 fully saturated rings. The van der Waals surface area contributed by atoms with E-state index in [-0.39, 0.29) is 18.2 Å². The minimum atomic E-state index is -0.467. The summed E-state index contributed by atoms with van der Waals surface area (Å²) in [7, 11) is 0. The molecule has 166 valence electrons. The summed E-state index contributed by atoms with van der Waals surface area (Å²) in [5.74, 6) is 0.205. The van der Waals surface area contributed by atoms with Crippen LogP contribution in [0.2, 0.25) is 0 Å². The van der Waals surface area contributed by atoms with Gasteiger partial charge in [-0.05, 0) is 30.2 Å². The number of benzene rings is 3. The summed E-state index contributed by atoms with van der Waals surface area (Å²) in [5, 5.41) is 10.5. The average Bonchev–Trinajstić information content (AvgIpc) is 3.18. The number of rotatable bonds is 8. The lowest BCUT2D eigenvalue weighted by Crippen LogP contribution is -2.31. The minimum Gasteiger partial charge on any atom is -0.345 e. The lowest BCUT2D eigenvalue weighted by molar-refractivity contribution is -0.116. The molecular weight excluding hydrogens is 412 g/mol. The van der Waals surface area contributed by atoms with Gasteiger partial charge in [0.15, 0.2) is 0 Å². The summed E-state index contributed by atoms with van der Waals surface area (Å²) in [5.41, 5.74) is 3.33. The summed E-state index contributed by atoms with van der Waals surface area (Å²) in [4.78, 5) is 25.8. The molecule has 1 heterocycles. The number of aromatic nitrogens is 2. The van der Waals surface area contributed by atoms with Crippen LogP contribution in [-0.4, -0.2) is 21.6 Å². The fourth-order valence-electron chi connectivity index (χ4n) is 3.67. The maximum atomic E-state index is 13.0. The summed E-state index contributed by atoms with van der Waals surface area (Å²) in [6.45, 7) is 2.45. The van der Waals surface area contributed by atoms with Crippen LogP contribution < -0.4 is 10.6 Å². The van der Waals surface area contributed by atoms with E-state index < -0.39 is 6.04 Å². The van der Waals surface area contributed by atoms with Gasteiger partial charge in [0.25, 0.3) is 5.91 Å². The summed E-state index contributed by atoms with van der Waals surface area (Å²) in [6.07, 6.45) is 0.0954. The van der Waals surface area contributed by atoms with E-state index in [0.29, 0.717) is 17.9 Å². The molecule has 33 heavy (non-hydrogen) atoms. The van der Waals surface area contributed by atoms with E-state index in [1.54, 1.807) is 16.8 Å². The third-order valence-electron chi connectivity index (χ3n) is 5.28. The second-order valence-corrected chi connectivity index (χ2v) is 7.87. The molecule has 1 aromatic heterocycles. The zero-order valence-corrected chi connectivity index (χ0v) is 18.4. The Kier molecular flexibility index (Phi) is 6.95. The third-order valence-corrected chi connectivity index (χ3v) is 5.28. The zero-order valence-electron chi connectivity index (χ0n) is 18.4. The second kappa shape index (κ2) is 10.4. The van der Waals surface area contributed by atoms with E-state index in [1.165, 1.54) is 0 Å². The first-order valence-corrected chi connectivity index (χ1v) is 10.9. The Morgan fingerprint density at radius 2 is 1.48 bits per heavy atom. The fraction of sp³-hybridized carbons (Fsp3) is 0.148. The highest BCUT2D eigenvalue weighted by molar-refractivity contribution is 5.95. The molecule has 2 amide bonds. The molecule has 0 aliphatic carbocycles. The van der Waals surface area contributed by atoms with Crippen molar-refractivity contribution in [2.24, 2.45) is 0 Å². The molecular formula is C27H26N4O2. The van der Waals surface area contributed by atoms with Crippen molar-refractivity contribution in [2.45, 2.75) is 25.9 Å². The minimum absolute atomic E-state index is 0.0954. The Balaban J connectivity index is 1.49. The molecule has 0 aliphatic heterocycles. The van der Waals surface area contributed by atoms with Crippen molar-refractivity contribution >= 4 is 17.6 Å². The number of nitrogens with one attached hydrogen (secondary N) is 2. The van der Waals surface area contributed by atoms with Crippen LogP contribution >= 0.6 is 0 Å². The van der Waals surface area contributed by atoms with Crippen LogP contribution in [0, 0.1) is 6.92 Å². The number of anilines is 1. The number of hydrogen-bond donors (Lipinski definition) is 2. The Bertz CT molecular complexity index is 1200. The smallest absolute Gasteiger partial charge is 0.251 e. The van der Waals surface area contributed by atoms with Crippen LogP contribution in [0.25, 0.3) is 0 Å². The molecule has 0 saturated heterocycles. The van der Waals surface area contributed by atoms with Crippen molar-refractivity contribution in [1.82, 2.24) is 15.1 Å². The molecule has 2 N–H and O–H groups in total. The summed E-state index contributed by atoms with van der Waals surface area (Å²) in [6, 6.07) is 29.9. The van der Waals surface area contributed by atoms with Gasteiger partial charge in [-0.2, -0.15) is 5.10 Å². The van der Waals surface area contributed by atoms with Crippen molar-refractivity contribution in [3.8, 4) is 0 Å². The topological polar surface area (TPSA) is 76.0 Å². The molecule has 0 aliphatic rings. The van der Waals surface area contributed by atoms with Gasteiger partial charge >= 0.3 is 0 Å². The first-order valence-electron chi connectivity index (χ1n) is 10.9. The third kappa shape index (κ3) is 5.95. The normalized spacial score (nSPS) is 11.5. The molecule has 6 nitrogen and oxygen atoms in total. The van der Waals surface area contributed by atoms with Crippen LogP contribution in [-0.2, 0) is 11.3 Å². The number of nitrogens with zero attached hydrogens (tertiary/aromatic N) is 2. The standard InChI is InChI=1S/C27H26N4O2/c1-20-17-25(31(30-20)19-21-11-5-2-6-12-21)29-26(32)18-24(22-13-7-3-8-14-22)28-27(33)23-15-9-4-10-16-23/h2-17,24H,18-19H2,1H3,(H,28,33)(H,29,32). The van der Waals surface area contributed by atoms with Crippen molar-refractivity contribution < 1.29 is 9.59 Å². The number of amides is 2. The van der Waals surface area contributed by atoms with E-state index in [1.807, 2.05) is 91.9 Å². The van der Waals surface area contributed by atoms with Crippen molar-refractivity contribution in [1.29, 1.82) is 0 Å². The van der Waals surface area contributed by atoms with E-state index in [9.17, 15) is 9.59 Å². The highest BCUT2D eigenvalue weighted by atomic mass is 16.2. The molecule has 0 spiro atoms. The lowest BCUT2D eigenvalue weighted by atomic mass is 10.0. The number of carbonyl (C=O) groups excluding carboxylic acids is 2. The molecule has 6 heteroatoms. The molecule has 4 rings (SSSR count). The van der Waals surface area contributed by atoms with Crippen molar-refractivity contribution in [3.63, 3.8) is 0 Å². The largest absolute Gasteiger partial charge is 0.345 e. The number of hydrogen-bond acceptors (Lipinski definition) is 3. The molecule has 0 saturated carbocycles. The number of carbonyl (C=O) groups is 2. The van der Waals surface area contributed by atoms with Crippen LogP contribution in [0.5, 0.6) is 0 Å². The van der Waals surface area contributed by atoms with Crippen LogP contribution in [0.1, 0.15) is 39.6 Å². The van der Waals surface area contributed by atoms with E-state index in [2.05, 4.69) is 15.7 Å². The average molecular weight is 439 g/mol. The Morgan fingerprint density at radius 1 is 0.879 bits per heavy atom. The van der Waals surface area contributed by atoms with E-state index in [4.69, 9.17) is 0 Å². The summed E-state index contributed by atoms with van der Waals surface area (Å²) < 4.78 is 1.78. The second-order valence-electron chi connectivity index (χ2n) is 7.87. The Morgan fingerprint density at radius 3 is 2.15 bits per heavy atom. The monoisotopic (exact) mass is 438 g/mol. The predicted molar refractivity (Wildman–Crippen MR) is 129 cm³/mol. The molecule has 0 bridgehead atoms. The number of aryl methyl sites for hydroxylation is 1. The van der Waals surface area contributed by atoms with Gasteiger partial charge in [-0.25, -0.2) is 4.68 Å². The SMILES string of the molecule is Cc1cc(NC(=O)CC(NC(=O)c2ccccc2)c2ccccc2)n(Cc2ccccc2)n1. The predicted octanol–water partition coefficient (Wildman–Crippen LogP) is 4.74. The Hall–Kier alpha value is -4.19. The van der Waals surface area contributed by atoms with Gasteiger partial charge in [0, 0.05) is 11.6 Å². The van der Waals surface area contributed by atoms with Gasteiger partial charge in [0.1, 0.15) is 5.82 Å². The molecule has 1 atom stereocenters. The van der Waals surface area contributed by atoms with E-state index in [0.717, 1.165) is 16.8 Å². The van der Waals surface area contributed by atoms with Crippen molar-refractivity contribution in [2.75, 3.05) is 5.32 Å². The highest BCUT2D eigenvalue weighted by Crippen LogP contribution is 2.20. The van der Waals surface area contributed by atoms with Crippen LogP contribution in [0.4, 0.5) is 5.82 Å². The van der Waals surface area contributed by atoms with Gasteiger partial charge in [-0.1, -0.05) is 78.9 Å². The van der Waals surface area contributed by atoms with E-state index >= 15 is 0 Å². The van der Waals surface area contributed by atoms with Crippen LogP contribution in [0.3, 0.4) is 0 Å². The summed E-state index contributed by atoms with van der Waals surface area (Å²) >= 11 is 0. The molecule has 1 unspecified atom stereocenters. The lowest BCUT2D eigenvalue weighted by Gasteiger charge is -2.19. The molecule has 0 radical (unpaired) electrons. The molecule has 3 aromatic carbocycles. The van der Waals surface area contributed by atoms with Crippen molar-refractivity contribution in [3.05, 3.63) is 119 Å². The van der Waals surface area contributed by atoms with Gasteiger partial charge in [-0.15, -0.1) is 0 Å². The maximum absolute atomic E-state index is 13.0. The van der Waals surface area contributed by atoms with Gasteiger partial charge in [0.05, 0.1) is 24.7 Å². The first-order chi connectivity index (χ1) is 16.1. The Labute approximate surface area is 193 Å². The quantitative estimate of drug-likeness (QED) is 0.417. The highest BCUT2D eigenvalue weighted by Gasteiger charge is 2.20.